The summed E-state index contributed by atoms with van der Waals surface area (Å²) in [5.74, 6) is -0.474. The van der Waals surface area contributed by atoms with Gasteiger partial charge in [0, 0.05) is 23.2 Å². The van der Waals surface area contributed by atoms with Crippen molar-refractivity contribution in [2.45, 2.75) is 26.4 Å². The number of hydrogen-bond donors (Lipinski definition) is 2. The van der Waals surface area contributed by atoms with E-state index in [-0.39, 0.29) is 36.8 Å². The Morgan fingerprint density at radius 3 is 2.96 bits per heavy atom. The van der Waals surface area contributed by atoms with Crippen LogP contribution in [0.2, 0.25) is 0 Å². The fourth-order valence-corrected chi connectivity index (χ4v) is 2.68. The third-order valence-electron chi connectivity index (χ3n) is 3.75. The Kier molecular flexibility index (Phi) is 7.40. The van der Waals surface area contributed by atoms with E-state index in [2.05, 4.69) is 26.4 Å². The number of amides is 2. The van der Waals surface area contributed by atoms with Gasteiger partial charge < -0.3 is 25.5 Å². The molecule has 1 unspecified atom stereocenters. The fraction of sp³-hybridized carbons (Fsp3) is 0.471. The Hall–Kier alpha value is -2.13. The number of rotatable bonds is 6. The molecule has 0 spiro atoms. The van der Waals surface area contributed by atoms with Gasteiger partial charge >= 0.3 is 0 Å². The van der Waals surface area contributed by atoms with Crippen molar-refractivity contribution in [1.82, 2.24) is 4.90 Å². The van der Waals surface area contributed by atoms with E-state index >= 15 is 0 Å². The summed E-state index contributed by atoms with van der Waals surface area (Å²) >= 11 is 3.40. The van der Waals surface area contributed by atoms with Gasteiger partial charge in [-0.25, -0.2) is 0 Å². The fourth-order valence-electron chi connectivity index (χ4n) is 2.44. The minimum absolute atomic E-state index is 0.00746. The van der Waals surface area contributed by atoms with Gasteiger partial charge in [0.15, 0.2) is 6.61 Å². The number of halogens is 1. The van der Waals surface area contributed by atoms with Crippen molar-refractivity contribution < 1.29 is 19.2 Å². The van der Waals surface area contributed by atoms with E-state index in [1.807, 2.05) is 26.0 Å². The molecule has 1 aliphatic rings. The molecule has 1 atom stereocenters. The molecule has 2 amide bonds. The third kappa shape index (κ3) is 6.30. The van der Waals surface area contributed by atoms with E-state index in [1.165, 1.54) is 0 Å². The summed E-state index contributed by atoms with van der Waals surface area (Å²) in [5, 5.41) is 6.34. The number of oxime groups is 1. The number of nitrogens with two attached hydrogens (primary N) is 1. The van der Waals surface area contributed by atoms with Crippen molar-refractivity contribution in [1.29, 1.82) is 0 Å². The molecular formula is C17H23BrN4O4. The highest BCUT2D eigenvalue weighted by molar-refractivity contribution is 9.10. The lowest BCUT2D eigenvalue weighted by Crippen LogP contribution is -2.45. The summed E-state index contributed by atoms with van der Waals surface area (Å²) in [6, 6.07) is 5.45. The number of anilines is 1. The zero-order chi connectivity index (χ0) is 19.1. The number of carbonyl (C=O) groups is 2. The molecule has 9 heteroatoms. The quantitative estimate of drug-likeness (QED) is 0.408. The van der Waals surface area contributed by atoms with Gasteiger partial charge in [-0.2, -0.15) is 0 Å². The van der Waals surface area contributed by atoms with Gasteiger partial charge in [0.1, 0.15) is 5.84 Å². The predicted molar refractivity (Wildman–Crippen MR) is 102 cm³/mol. The lowest BCUT2D eigenvalue weighted by atomic mass is 10.2. The van der Waals surface area contributed by atoms with Crippen molar-refractivity contribution in [2.75, 3.05) is 31.6 Å². The number of morpholine rings is 1. The van der Waals surface area contributed by atoms with Crippen LogP contribution in [0, 0.1) is 6.92 Å². The number of hydrogen-bond acceptors (Lipinski definition) is 5. The maximum absolute atomic E-state index is 12.1. The van der Waals surface area contributed by atoms with Crippen LogP contribution >= 0.6 is 15.9 Å². The van der Waals surface area contributed by atoms with Crippen LogP contribution in [-0.4, -0.2) is 55.0 Å². The van der Waals surface area contributed by atoms with E-state index < -0.39 is 0 Å². The molecule has 1 saturated heterocycles. The minimum atomic E-state index is -0.364. The number of aryl methyl sites for hydroxylation is 1. The average molecular weight is 427 g/mol. The lowest BCUT2D eigenvalue weighted by Gasteiger charge is -2.31. The molecule has 0 saturated carbocycles. The summed E-state index contributed by atoms with van der Waals surface area (Å²) in [4.78, 5) is 30.6. The molecule has 3 N–H and O–H groups in total. The Labute approximate surface area is 160 Å². The Balaban J connectivity index is 1.75. The molecule has 8 nitrogen and oxygen atoms in total. The van der Waals surface area contributed by atoms with Crippen LogP contribution in [0.4, 0.5) is 5.69 Å². The smallest absolute Gasteiger partial charge is 0.265 e. The molecule has 0 bridgehead atoms. The summed E-state index contributed by atoms with van der Waals surface area (Å²) in [6.07, 6.45) is -0.0479. The van der Waals surface area contributed by atoms with E-state index in [9.17, 15) is 9.59 Å². The van der Waals surface area contributed by atoms with Crippen molar-refractivity contribution in [3.63, 3.8) is 0 Å². The first-order valence-corrected chi connectivity index (χ1v) is 9.04. The zero-order valence-electron chi connectivity index (χ0n) is 14.8. The van der Waals surface area contributed by atoms with Crippen molar-refractivity contribution in [2.24, 2.45) is 10.9 Å². The topological polar surface area (TPSA) is 106 Å². The van der Waals surface area contributed by atoms with Gasteiger partial charge in [0.25, 0.3) is 5.91 Å². The Bertz CT molecular complexity index is 695. The van der Waals surface area contributed by atoms with Gasteiger partial charge in [-0.3, -0.25) is 9.59 Å². The highest BCUT2D eigenvalue weighted by atomic mass is 79.9. The second kappa shape index (κ2) is 9.54. The number of nitrogens with zero attached hydrogens (tertiary/aromatic N) is 2. The molecule has 142 valence electrons. The lowest BCUT2D eigenvalue weighted by molar-refractivity contribution is -0.136. The van der Waals surface area contributed by atoms with E-state index in [1.54, 1.807) is 11.0 Å². The summed E-state index contributed by atoms with van der Waals surface area (Å²) in [6.45, 7) is 5.11. The highest BCUT2D eigenvalue weighted by Crippen LogP contribution is 2.19. The maximum atomic E-state index is 12.1. The first-order valence-electron chi connectivity index (χ1n) is 8.25. The van der Waals surface area contributed by atoms with Gasteiger partial charge in [0.05, 0.1) is 19.1 Å². The van der Waals surface area contributed by atoms with Gasteiger partial charge in [0.2, 0.25) is 5.91 Å². The molecular weight excluding hydrogens is 404 g/mol. The van der Waals surface area contributed by atoms with Crippen LogP contribution in [0.15, 0.2) is 27.8 Å². The maximum Gasteiger partial charge on any atom is 0.265 e. The molecule has 0 radical (unpaired) electrons. The first kappa shape index (κ1) is 20.2. The predicted octanol–water partition coefficient (Wildman–Crippen LogP) is 1.62. The van der Waals surface area contributed by atoms with E-state index in [0.717, 1.165) is 10.0 Å². The van der Waals surface area contributed by atoms with E-state index in [4.69, 9.17) is 15.3 Å². The van der Waals surface area contributed by atoms with Crippen LogP contribution in [-0.2, 0) is 19.2 Å². The number of amidine groups is 1. The molecule has 1 aromatic rings. The molecule has 0 aliphatic carbocycles. The van der Waals surface area contributed by atoms with Gasteiger partial charge in [-0.05, 0) is 37.6 Å². The van der Waals surface area contributed by atoms with Crippen LogP contribution < -0.4 is 11.1 Å². The Morgan fingerprint density at radius 1 is 1.50 bits per heavy atom. The molecule has 1 heterocycles. The zero-order valence-corrected chi connectivity index (χ0v) is 16.4. The van der Waals surface area contributed by atoms with Crippen molar-refractivity contribution in [3.05, 3.63) is 28.2 Å². The molecule has 1 aromatic carbocycles. The molecule has 2 rings (SSSR count). The van der Waals surface area contributed by atoms with Gasteiger partial charge in [-0.1, -0.05) is 21.1 Å². The van der Waals surface area contributed by atoms with Gasteiger partial charge in [-0.15, -0.1) is 0 Å². The SMILES string of the molecule is Cc1cc(NC(=O)CON=C(N)CC(=O)N2CCOC(C)C2)ccc1Br. The molecule has 1 aliphatic heterocycles. The summed E-state index contributed by atoms with van der Waals surface area (Å²) in [5.41, 5.74) is 7.36. The number of carbonyl (C=O) groups excluding carboxylic acids is 2. The molecule has 26 heavy (non-hydrogen) atoms. The number of ether oxygens (including phenoxy) is 1. The first-order chi connectivity index (χ1) is 12.3. The van der Waals surface area contributed by atoms with Crippen LogP contribution in [0.1, 0.15) is 18.9 Å². The Morgan fingerprint density at radius 2 is 2.27 bits per heavy atom. The second-order valence-electron chi connectivity index (χ2n) is 6.07. The standard InChI is InChI=1S/C17H23BrN4O4/c1-11-7-13(3-4-14(11)18)20-16(23)10-26-21-15(19)8-17(24)22-5-6-25-12(2)9-22/h3-4,7,12H,5-6,8-10H2,1-2H3,(H2,19,21)(H,20,23). The molecule has 0 aromatic heterocycles. The molecule has 1 fully saturated rings. The monoisotopic (exact) mass is 426 g/mol. The van der Waals surface area contributed by atoms with Crippen LogP contribution in [0.3, 0.4) is 0 Å². The van der Waals surface area contributed by atoms with Crippen LogP contribution in [0.5, 0.6) is 0 Å². The largest absolute Gasteiger partial charge is 0.384 e. The minimum Gasteiger partial charge on any atom is -0.384 e. The van der Waals surface area contributed by atoms with E-state index in [0.29, 0.717) is 25.4 Å². The summed E-state index contributed by atoms with van der Waals surface area (Å²) in [7, 11) is 0. The normalized spacial score (nSPS) is 17.7. The average Bonchev–Trinajstić information content (AvgIpc) is 2.58. The third-order valence-corrected chi connectivity index (χ3v) is 4.64. The van der Waals surface area contributed by atoms with Crippen molar-refractivity contribution in [3.8, 4) is 0 Å². The van der Waals surface area contributed by atoms with Crippen LogP contribution in [0.25, 0.3) is 0 Å². The number of nitrogens with one attached hydrogen (secondary N) is 1. The number of benzene rings is 1. The van der Waals surface area contributed by atoms with Crippen molar-refractivity contribution >= 4 is 39.3 Å². The summed E-state index contributed by atoms with van der Waals surface area (Å²) < 4.78 is 6.35. The highest BCUT2D eigenvalue weighted by Gasteiger charge is 2.22. The second-order valence-corrected chi connectivity index (χ2v) is 6.92.